The summed E-state index contributed by atoms with van der Waals surface area (Å²) >= 11 is 13.1. The highest BCUT2D eigenvalue weighted by atomic mass is 79.9. The van der Waals surface area contributed by atoms with E-state index in [4.69, 9.17) is 21.4 Å². The monoisotopic (exact) mass is 544 g/mol. The van der Waals surface area contributed by atoms with Crippen molar-refractivity contribution in [2.24, 2.45) is 5.10 Å². The number of rotatable bonds is 3. The lowest BCUT2D eigenvalue weighted by atomic mass is 9.96. The van der Waals surface area contributed by atoms with Gasteiger partial charge in [-0.05, 0) is 48.0 Å². The lowest BCUT2D eigenvalue weighted by Gasteiger charge is -2.37. The third kappa shape index (κ3) is 3.57. The highest BCUT2D eigenvalue weighted by molar-refractivity contribution is 9.10. The first-order valence-electron chi connectivity index (χ1n) is 9.37. The van der Waals surface area contributed by atoms with Crippen LogP contribution in [0.15, 0.2) is 80.8 Å². The summed E-state index contributed by atoms with van der Waals surface area (Å²) in [7, 11) is 0. The van der Waals surface area contributed by atoms with Gasteiger partial charge in [0, 0.05) is 31.5 Å². The maximum Gasteiger partial charge on any atom is 0.251 e. The van der Waals surface area contributed by atoms with Crippen molar-refractivity contribution < 1.29 is 9.53 Å². The molecule has 0 saturated carbocycles. The minimum atomic E-state index is -0.835. The molecule has 0 radical (unpaired) electrons. The van der Waals surface area contributed by atoms with E-state index in [1.165, 1.54) is 0 Å². The Morgan fingerprint density at radius 3 is 2.37 bits per heavy atom. The Bertz CT molecular complexity index is 1160. The highest BCUT2D eigenvalue weighted by Crippen LogP contribution is 2.44. The molecule has 0 N–H and O–H groups in total. The van der Waals surface area contributed by atoms with Crippen molar-refractivity contribution in [3.63, 3.8) is 0 Å². The second-order valence-electron chi connectivity index (χ2n) is 7.18. The SMILES string of the molecule is O=C(c1ccc(Br)cc1)[C@H]1Oc2ccc(Cl)cc2[C@H]2CC(c3ccc(Br)cc3)=NN12. The van der Waals surface area contributed by atoms with Gasteiger partial charge in [0.2, 0.25) is 5.78 Å². The first kappa shape index (κ1) is 19.8. The minimum Gasteiger partial charge on any atom is -0.461 e. The second-order valence-corrected chi connectivity index (χ2v) is 9.44. The first-order chi connectivity index (χ1) is 14.5. The number of benzene rings is 3. The normalized spacial score (nSPS) is 19.6. The largest absolute Gasteiger partial charge is 0.461 e. The number of hydrazone groups is 1. The average Bonchev–Trinajstić information content (AvgIpc) is 3.19. The van der Waals surface area contributed by atoms with E-state index in [0.29, 0.717) is 22.8 Å². The summed E-state index contributed by atoms with van der Waals surface area (Å²) in [4.78, 5) is 13.3. The van der Waals surface area contributed by atoms with Crippen LogP contribution in [0.3, 0.4) is 0 Å². The van der Waals surface area contributed by atoms with Gasteiger partial charge in [-0.25, -0.2) is 5.01 Å². The molecule has 30 heavy (non-hydrogen) atoms. The summed E-state index contributed by atoms with van der Waals surface area (Å²) in [6, 6.07) is 20.7. The summed E-state index contributed by atoms with van der Waals surface area (Å²) in [5, 5.41) is 7.23. The molecule has 5 rings (SSSR count). The van der Waals surface area contributed by atoms with Crippen LogP contribution >= 0.6 is 43.5 Å². The molecular weight excluding hydrogens is 532 g/mol. The number of ketones is 1. The lowest BCUT2D eigenvalue weighted by molar-refractivity contribution is -0.00455. The number of hydrogen-bond donors (Lipinski definition) is 0. The molecule has 0 amide bonds. The molecule has 0 saturated heterocycles. The third-order valence-electron chi connectivity index (χ3n) is 5.28. The van der Waals surface area contributed by atoms with Crippen LogP contribution in [-0.2, 0) is 0 Å². The summed E-state index contributed by atoms with van der Waals surface area (Å²) in [5.41, 5.74) is 3.45. The molecule has 150 valence electrons. The average molecular weight is 547 g/mol. The van der Waals surface area contributed by atoms with Crippen LogP contribution in [0.4, 0.5) is 0 Å². The fourth-order valence-corrected chi connectivity index (χ4v) is 4.51. The van der Waals surface area contributed by atoms with Gasteiger partial charge in [0.25, 0.3) is 6.23 Å². The predicted octanol–water partition coefficient (Wildman–Crippen LogP) is 6.62. The number of ether oxygens (including phenoxy) is 1. The molecule has 0 spiro atoms. The quantitative estimate of drug-likeness (QED) is 0.347. The zero-order chi connectivity index (χ0) is 20.8. The Kier molecular flexibility index (Phi) is 5.17. The van der Waals surface area contributed by atoms with Crippen molar-refractivity contribution >= 4 is 55.0 Å². The topological polar surface area (TPSA) is 41.9 Å². The van der Waals surface area contributed by atoms with Gasteiger partial charge in [0.1, 0.15) is 5.75 Å². The Morgan fingerprint density at radius 1 is 1.00 bits per heavy atom. The standard InChI is InChI=1S/C23H15Br2ClN2O2/c24-15-5-1-13(2-6-15)19-12-20-18-11-17(26)9-10-21(18)30-23(28(20)27-19)22(29)14-3-7-16(25)8-4-14/h1-11,20,23H,12H2/t20-,23-/m1/s1. The molecule has 0 fully saturated rings. The number of halogens is 3. The van der Waals surface area contributed by atoms with E-state index in [-0.39, 0.29) is 11.8 Å². The molecule has 2 aliphatic rings. The van der Waals surface area contributed by atoms with Gasteiger partial charge in [-0.2, -0.15) is 5.10 Å². The van der Waals surface area contributed by atoms with Crippen molar-refractivity contribution in [1.29, 1.82) is 0 Å². The number of carbonyl (C=O) groups excluding carboxylic acids is 1. The van der Waals surface area contributed by atoms with Crippen LogP contribution in [-0.4, -0.2) is 22.7 Å². The molecule has 3 aromatic carbocycles. The molecule has 0 aliphatic carbocycles. The van der Waals surface area contributed by atoms with E-state index in [2.05, 4.69) is 31.9 Å². The Balaban J connectivity index is 1.57. The molecule has 2 heterocycles. The summed E-state index contributed by atoms with van der Waals surface area (Å²) in [5.74, 6) is 0.539. The summed E-state index contributed by atoms with van der Waals surface area (Å²) in [6.07, 6.45) is -0.166. The fraction of sp³-hybridized carbons (Fsp3) is 0.130. The fourth-order valence-electron chi connectivity index (χ4n) is 3.80. The van der Waals surface area contributed by atoms with Gasteiger partial charge in [-0.3, -0.25) is 4.79 Å². The molecular formula is C23H15Br2ClN2O2. The molecule has 0 aromatic heterocycles. The van der Waals surface area contributed by atoms with Crippen LogP contribution in [0.1, 0.15) is 33.9 Å². The van der Waals surface area contributed by atoms with E-state index in [1.807, 2.05) is 48.5 Å². The highest BCUT2D eigenvalue weighted by Gasteiger charge is 2.43. The van der Waals surface area contributed by atoms with E-state index in [9.17, 15) is 4.79 Å². The van der Waals surface area contributed by atoms with E-state index < -0.39 is 6.23 Å². The van der Waals surface area contributed by atoms with Crippen LogP contribution in [0.25, 0.3) is 0 Å². The van der Waals surface area contributed by atoms with Crippen LogP contribution < -0.4 is 4.74 Å². The van der Waals surface area contributed by atoms with E-state index >= 15 is 0 Å². The van der Waals surface area contributed by atoms with Crippen molar-refractivity contribution in [2.75, 3.05) is 0 Å². The van der Waals surface area contributed by atoms with Crippen LogP contribution in [0.2, 0.25) is 5.02 Å². The van der Waals surface area contributed by atoms with Crippen molar-refractivity contribution in [2.45, 2.75) is 18.7 Å². The number of carbonyl (C=O) groups is 1. The Morgan fingerprint density at radius 2 is 1.67 bits per heavy atom. The van der Waals surface area contributed by atoms with Crippen molar-refractivity contribution in [3.8, 4) is 5.75 Å². The second kappa shape index (κ2) is 7.84. The lowest BCUT2D eigenvalue weighted by Crippen LogP contribution is -2.45. The minimum absolute atomic E-state index is 0.115. The maximum atomic E-state index is 13.3. The maximum absolute atomic E-state index is 13.3. The van der Waals surface area contributed by atoms with Crippen LogP contribution in [0, 0.1) is 0 Å². The summed E-state index contributed by atoms with van der Waals surface area (Å²) < 4.78 is 8.06. The van der Waals surface area contributed by atoms with Gasteiger partial charge in [-0.1, -0.05) is 67.7 Å². The summed E-state index contributed by atoms with van der Waals surface area (Å²) in [6.45, 7) is 0. The molecule has 7 heteroatoms. The first-order valence-corrected chi connectivity index (χ1v) is 11.3. The number of nitrogens with zero attached hydrogens (tertiary/aromatic N) is 2. The molecule has 3 aromatic rings. The number of Topliss-reactive ketones (excluding diaryl/α,β-unsaturated/α-hetero) is 1. The smallest absolute Gasteiger partial charge is 0.251 e. The van der Waals surface area contributed by atoms with Gasteiger partial charge in [0.05, 0.1) is 11.8 Å². The van der Waals surface area contributed by atoms with Gasteiger partial charge in [-0.15, -0.1) is 0 Å². The van der Waals surface area contributed by atoms with E-state index in [0.717, 1.165) is 25.8 Å². The molecule has 2 aliphatic heterocycles. The number of hydrogen-bond acceptors (Lipinski definition) is 4. The van der Waals surface area contributed by atoms with Crippen molar-refractivity contribution in [1.82, 2.24) is 5.01 Å². The third-order valence-corrected chi connectivity index (χ3v) is 6.57. The van der Waals surface area contributed by atoms with Gasteiger partial charge >= 0.3 is 0 Å². The molecule has 2 atom stereocenters. The van der Waals surface area contributed by atoms with Crippen molar-refractivity contribution in [3.05, 3.63) is 97.4 Å². The molecule has 0 unspecified atom stereocenters. The zero-order valence-corrected chi connectivity index (χ0v) is 19.5. The van der Waals surface area contributed by atoms with Gasteiger partial charge in [0.15, 0.2) is 0 Å². The zero-order valence-electron chi connectivity index (χ0n) is 15.6. The predicted molar refractivity (Wildman–Crippen MR) is 124 cm³/mol. The van der Waals surface area contributed by atoms with Crippen LogP contribution in [0.5, 0.6) is 5.75 Å². The molecule has 4 nitrogen and oxygen atoms in total. The number of fused-ring (bicyclic) bond motifs is 3. The van der Waals surface area contributed by atoms with E-state index in [1.54, 1.807) is 23.2 Å². The van der Waals surface area contributed by atoms with Gasteiger partial charge < -0.3 is 4.74 Å². The Labute approximate surface area is 195 Å². The Hall–Kier alpha value is -2.15. The molecule has 0 bridgehead atoms.